The monoisotopic (exact) mass is 361 g/mol. The van der Waals surface area contributed by atoms with Crippen LogP contribution in [0.15, 0.2) is 30.5 Å². The van der Waals surface area contributed by atoms with Gasteiger partial charge in [-0.05, 0) is 31.5 Å². The minimum Gasteiger partial charge on any atom is -0.481 e. The number of nitrogens with one attached hydrogen (secondary N) is 1. The fourth-order valence-corrected chi connectivity index (χ4v) is 2.28. The van der Waals surface area contributed by atoms with Crippen LogP contribution in [-0.4, -0.2) is 27.0 Å². The summed E-state index contributed by atoms with van der Waals surface area (Å²) < 4.78 is 0. The summed E-state index contributed by atoms with van der Waals surface area (Å²) >= 11 is 6.03. The van der Waals surface area contributed by atoms with Crippen LogP contribution in [0.3, 0.4) is 0 Å². The number of amides is 1. The maximum absolute atomic E-state index is 12.4. The van der Waals surface area contributed by atoms with Crippen LogP contribution < -0.4 is 5.32 Å². The van der Waals surface area contributed by atoms with E-state index in [2.05, 4.69) is 15.3 Å². The highest BCUT2D eigenvalue weighted by atomic mass is 35.5. The number of carbonyl (C=O) groups excluding carboxylic acids is 1. The minimum atomic E-state index is -1.01. The van der Waals surface area contributed by atoms with Gasteiger partial charge in [-0.25, -0.2) is 9.97 Å². The quantitative estimate of drug-likeness (QED) is 0.843. The van der Waals surface area contributed by atoms with Crippen molar-refractivity contribution in [2.75, 3.05) is 5.32 Å². The lowest BCUT2D eigenvalue weighted by molar-refractivity contribution is -0.142. The second-order valence-electron chi connectivity index (χ2n) is 6.54. The van der Waals surface area contributed by atoms with E-state index >= 15 is 0 Å². The Bertz CT molecular complexity index is 802. The largest absolute Gasteiger partial charge is 0.481 e. The number of rotatable bonds is 5. The van der Waals surface area contributed by atoms with Gasteiger partial charge in [0.25, 0.3) is 5.91 Å². The fourth-order valence-electron chi connectivity index (χ4n) is 2.10. The Balaban J connectivity index is 2.22. The molecule has 1 aromatic heterocycles. The first-order valence-electron chi connectivity index (χ1n) is 7.80. The maximum Gasteiger partial charge on any atom is 0.313 e. The van der Waals surface area contributed by atoms with Gasteiger partial charge in [0, 0.05) is 11.6 Å². The van der Waals surface area contributed by atoms with Gasteiger partial charge in [0.15, 0.2) is 5.69 Å². The predicted octanol–water partition coefficient (Wildman–Crippen LogP) is 3.87. The molecule has 1 amide bonds. The predicted molar refractivity (Wildman–Crippen MR) is 96.2 cm³/mol. The van der Waals surface area contributed by atoms with Crippen LogP contribution in [0.5, 0.6) is 0 Å². The summed E-state index contributed by atoms with van der Waals surface area (Å²) in [5, 5.41) is 12.1. The molecule has 0 unspecified atom stereocenters. The number of nitrogens with zero attached hydrogens (tertiary/aromatic N) is 2. The van der Waals surface area contributed by atoms with Crippen LogP contribution in [0.25, 0.3) is 0 Å². The van der Waals surface area contributed by atoms with Crippen LogP contribution in [0, 0.1) is 0 Å². The van der Waals surface area contributed by atoms with Gasteiger partial charge < -0.3 is 10.4 Å². The van der Waals surface area contributed by atoms with Crippen molar-refractivity contribution in [2.24, 2.45) is 0 Å². The number of anilines is 1. The van der Waals surface area contributed by atoms with E-state index in [4.69, 9.17) is 11.6 Å². The van der Waals surface area contributed by atoms with Crippen molar-refractivity contribution in [3.05, 3.63) is 52.6 Å². The number of aliphatic carboxylic acids is 1. The lowest BCUT2D eigenvalue weighted by Crippen LogP contribution is -2.28. The molecule has 0 aliphatic heterocycles. The zero-order valence-corrected chi connectivity index (χ0v) is 15.3. The number of carbonyl (C=O) groups is 2. The molecule has 0 fully saturated rings. The van der Waals surface area contributed by atoms with Crippen molar-refractivity contribution < 1.29 is 14.7 Å². The third-order valence-electron chi connectivity index (χ3n) is 3.89. The lowest BCUT2D eigenvalue weighted by Gasteiger charge is -2.19. The highest BCUT2D eigenvalue weighted by Crippen LogP contribution is 2.25. The fraction of sp³-hybridized carbons (Fsp3) is 0.333. The number of benzene rings is 1. The zero-order valence-electron chi connectivity index (χ0n) is 14.5. The Labute approximate surface area is 151 Å². The number of hydrogen-bond acceptors (Lipinski definition) is 4. The van der Waals surface area contributed by atoms with Gasteiger partial charge in [0.05, 0.1) is 16.6 Å². The van der Waals surface area contributed by atoms with Crippen LogP contribution in [0.4, 0.5) is 5.69 Å². The van der Waals surface area contributed by atoms with Crippen LogP contribution >= 0.6 is 11.6 Å². The number of aromatic nitrogens is 2. The molecular weight excluding hydrogens is 342 g/mol. The SMILES string of the molecule is CC(C)c1ncc(Cl)c(C(=O)Nc2ccc(C(C)(C)C(=O)O)cc2)n1. The second-order valence-corrected chi connectivity index (χ2v) is 6.95. The van der Waals surface area contributed by atoms with Gasteiger partial charge in [-0.3, -0.25) is 9.59 Å². The summed E-state index contributed by atoms with van der Waals surface area (Å²) in [7, 11) is 0. The molecule has 0 saturated heterocycles. The van der Waals surface area contributed by atoms with Crippen LogP contribution in [-0.2, 0) is 10.2 Å². The van der Waals surface area contributed by atoms with Crippen molar-refractivity contribution in [1.29, 1.82) is 0 Å². The molecule has 0 bridgehead atoms. The molecule has 1 heterocycles. The van der Waals surface area contributed by atoms with Gasteiger partial charge in [0.1, 0.15) is 5.82 Å². The third kappa shape index (κ3) is 4.14. The van der Waals surface area contributed by atoms with E-state index in [1.807, 2.05) is 13.8 Å². The molecule has 2 N–H and O–H groups in total. The first kappa shape index (κ1) is 18.9. The van der Waals surface area contributed by atoms with E-state index in [1.54, 1.807) is 38.1 Å². The second kappa shape index (κ2) is 7.19. The van der Waals surface area contributed by atoms with E-state index in [9.17, 15) is 14.7 Å². The highest BCUT2D eigenvalue weighted by molar-refractivity contribution is 6.33. The summed E-state index contributed by atoms with van der Waals surface area (Å²) in [6.45, 7) is 7.09. The first-order chi connectivity index (χ1) is 11.6. The molecular formula is C18H20ClN3O3. The average Bonchev–Trinajstić information content (AvgIpc) is 2.55. The number of halogens is 1. The van der Waals surface area contributed by atoms with E-state index in [0.29, 0.717) is 17.1 Å². The minimum absolute atomic E-state index is 0.0707. The van der Waals surface area contributed by atoms with Gasteiger partial charge in [0.2, 0.25) is 0 Å². The standard InChI is InChI=1S/C18H20ClN3O3/c1-10(2)15-20-9-13(19)14(22-15)16(23)21-12-7-5-11(6-8-12)18(3,4)17(24)25/h5-10H,1-4H3,(H,21,23)(H,24,25). The van der Waals surface area contributed by atoms with E-state index < -0.39 is 17.3 Å². The summed E-state index contributed by atoms with van der Waals surface area (Å²) in [5.41, 5.74) is 0.260. The highest BCUT2D eigenvalue weighted by Gasteiger charge is 2.29. The van der Waals surface area contributed by atoms with E-state index in [0.717, 1.165) is 0 Å². The molecule has 6 nitrogen and oxygen atoms in total. The van der Waals surface area contributed by atoms with Crippen LogP contribution in [0.2, 0.25) is 5.02 Å². The Hall–Kier alpha value is -2.47. The Morgan fingerprint density at radius 3 is 2.32 bits per heavy atom. The van der Waals surface area contributed by atoms with Gasteiger partial charge >= 0.3 is 5.97 Å². The average molecular weight is 362 g/mol. The van der Waals surface area contributed by atoms with Crippen molar-refractivity contribution in [3.8, 4) is 0 Å². The third-order valence-corrected chi connectivity index (χ3v) is 4.17. The van der Waals surface area contributed by atoms with Crippen molar-refractivity contribution in [2.45, 2.75) is 39.0 Å². The van der Waals surface area contributed by atoms with Crippen molar-refractivity contribution in [1.82, 2.24) is 9.97 Å². The first-order valence-corrected chi connectivity index (χ1v) is 8.18. The topological polar surface area (TPSA) is 92.2 Å². The molecule has 1 aromatic carbocycles. The molecule has 2 aromatic rings. The molecule has 7 heteroatoms. The summed E-state index contributed by atoms with van der Waals surface area (Å²) in [5.74, 6) is -0.757. The van der Waals surface area contributed by atoms with Gasteiger partial charge in [-0.1, -0.05) is 37.6 Å². The van der Waals surface area contributed by atoms with Crippen LogP contribution in [0.1, 0.15) is 55.5 Å². The molecule has 0 saturated carbocycles. The maximum atomic E-state index is 12.4. The van der Waals surface area contributed by atoms with Gasteiger partial charge in [-0.15, -0.1) is 0 Å². The molecule has 2 rings (SSSR count). The van der Waals surface area contributed by atoms with Crippen molar-refractivity contribution in [3.63, 3.8) is 0 Å². The molecule has 0 spiro atoms. The molecule has 0 aliphatic rings. The Morgan fingerprint density at radius 1 is 1.20 bits per heavy atom. The number of hydrogen-bond donors (Lipinski definition) is 2. The lowest BCUT2D eigenvalue weighted by atomic mass is 9.85. The van der Waals surface area contributed by atoms with E-state index in [1.165, 1.54) is 6.20 Å². The summed E-state index contributed by atoms with van der Waals surface area (Å²) in [6, 6.07) is 6.64. The molecule has 25 heavy (non-hydrogen) atoms. The summed E-state index contributed by atoms with van der Waals surface area (Å²) in [4.78, 5) is 32.0. The van der Waals surface area contributed by atoms with Crippen molar-refractivity contribution >= 4 is 29.2 Å². The smallest absolute Gasteiger partial charge is 0.313 e. The van der Waals surface area contributed by atoms with E-state index in [-0.39, 0.29) is 16.6 Å². The zero-order chi connectivity index (χ0) is 18.8. The molecule has 0 atom stereocenters. The number of carboxylic acid groups (broad SMARTS) is 1. The van der Waals surface area contributed by atoms with Gasteiger partial charge in [-0.2, -0.15) is 0 Å². The summed E-state index contributed by atoms with van der Waals surface area (Å²) in [6.07, 6.45) is 1.41. The Morgan fingerprint density at radius 2 is 1.80 bits per heavy atom. The Kier molecular flexibility index (Phi) is 5.42. The molecule has 132 valence electrons. The normalized spacial score (nSPS) is 11.4. The molecule has 0 radical (unpaired) electrons. The molecule has 0 aliphatic carbocycles. The number of carboxylic acids is 1.